The Morgan fingerprint density at radius 3 is 2.13 bits per heavy atom. The van der Waals surface area contributed by atoms with Crippen molar-refractivity contribution in [1.82, 2.24) is 14.9 Å². The molecule has 1 aliphatic carbocycles. The molecule has 1 heterocycles. The van der Waals surface area contributed by atoms with Crippen LogP contribution in [0.4, 0.5) is 13.6 Å². The van der Waals surface area contributed by atoms with Crippen molar-refractivity contribution < 1.29 is 31.5 Å². The normalized spacial score (nSPS) is 21.2. The number of alkyl carbamates (subject to hydrolysis) is 1. The number of sulfonamides is 1. The van der Waals surface area contributed by atoms with Gasteiger partial charge in [-0.2, -0.15) is 4.31 Å². The molecular formula is C35H41F2N3O5S. The molecule has 46 heavy (non-hydrogen) atoms. The van der Waals surface area contributed by atoms with E-state index in [1.54, 1.807) is 58.9 Å². The van der Waals surface area contributed by atoms with Crippen LogP contribution in [0.15, 0.2) is 83.8 Å². The zero-order valence-electron chi connectivity index (χ0n) is 25.9. The zero-order valence-corrected chi connectivity index (χ0v) is 26.7. The highest BCUT2D eigenvalue weighted by Gasteiger charge is 2.38. The molecule has 11 heteroatoms. The number of benzene rings is 3. The lowest BCUT2D eigenvalue weighted by molar-refractivity contribution is -0.122. The molecule has 1 saturated heterocycles. The number of piperazine rings is 1. The van der Waals surface area contributed by atoms with Gasteiger partial charge in [0, 0.05) is 38.0 Å². The summed E-state index contributed by atoms with van der Waals surface area (Å²) in [6.07, 6.45) is 3.57. The quantitative estimate of drug-likeness (QED) is 0.262. The average Bonchev–Trinajstić information content (AvgIpc) is 3.52. The highest BCUT2D eigenvalue weighted by molar-refractivity contribution is 7.89. The first-order valence-corrected chi connectivity index (χ1v) is 17.3. The van der Waals surface area contributed by atoms with E-state index in [1.165, 1.54) is 31.4 Å². The molecule has 246 valence electrons. The minimum Gasteiger partial charge on any atom is -0.453 e. The summed E-state index contributed by atoms with van der Waals surface area (Å²) in [5.41, 5.74) is 1.19. The number of ketones is 1. The van der Waals surface area contributed by atoms with E-state index in [9.17, 15) is 26.8 Å². The van der Waals surface area contributed by atoms with Gasteiger partial charge in [-0.1, -0.05) is 55.3 Å². The zero-order chi connectivity index (χ0) is 32.7. The van der Waals surface area contributed by atoms with Crippen molar-refractivity contribution in [2.75, 3.05) is 26.7 Å². The predicted molar refractivity (Wildman–Crippen MR) is 171 cm³/mol. The fourth-order valence-electron chi connectivity index (χ4n) is 7.04. The van der Waals surface area contributed by atoms with E-state index in [-0.39, 0.29) is 35.0 Å². The van der Waals surface area contributed by atoms with Crippen LogP contribution >= 0.6 is 0 Å². The van der Waals surface area contributed by atoms with Gasteiger partial charge >= 0.3 is 6.09 Å². The van der Waals surface area contributed by atoms with Crippen LogP contribution in [0.3, 0.4) is 0 Å². The standard InChI is InChI=1S/C35H41F2N3O5S/c1-45-35(42)39-34(33(25-10-15-28(36)16-11-25)26-12-17-29(37)18-13-26)32(41)22-27-7-5-6-24(27)14-19-30-23-38-20-21-40(30)46(43,44)31-8-3-2-4-9-31/h2-4,8-13,15-18,24,27,30,33-34,38H,5-7,14,19-23H2,1H3,(H,39,42)/t24-,27-,30+,34-/m1/s1. The third-order valence-electron chi connectivity index (χ3n) is 9.39. The number of halogens is 2. The Balaban J connectivity index is 1.33. The minimum atomic E-state index is -3.64. The lowest BCUT2D eigenvalue weighted by atomic mass is 9.79. The molecule has 2 aliphatic rings. The topological polar surface area (TPSA) is 105 Å². The smallest absolute Gasteiger partial charge is 0.407 e. The molecule has 5 rings (SSSR count). The monoisotopic (exact) mass is 653 g/mol. The van der Waals surface area contributed by atoms with Crippen molar-refractivity contribution in [3.8, 4) is 0 Å². The van der Waals surface area contributed by atoms with Gasteiger partial charge in [0.15, 0.2) is 5.78 Å². The molecule has 1 amide bonds. The first kappa shape index (κ1) is 33.7. The van der Waals surface area contributed by atoms with Gasteiger partial charge < -0.3 is 15.4 Å². The van der Waals surface area contributed by atoms with E-state index in [2.05, 4.69) is 10.6 Å². The van der Waals surface area contributed by atoms with Gasteiger partial charge in [0.25, 0.3) is 0 Å². The maximum atomic E-state index is 14.1. The molecule has 2 N–H and O–H groups in total. The number of carbonyl (C=O) groups is 2. The molecule has 3 aromatic rings. The number of Topliss-reactive ketones (excluding diaryl/α,β-unsaturated/α-hetero) is 1. The maximum absolute atomic E-state index is 14.1. The van der Waals surface area contributed by atoms with Crippen LogP contribution in [0.5, 0.6) is 0 Å². The fraction of sp³-hybridized carbons (Fsp3) is 0.429. The van der Waals surface area contributed by atoms with Crippen LogP contribution in [0.1, 0.15) is 55.6 Å². The molecule has 3 aromatic carbocycles. The number of hydrogen-bond acceptors (Lipinski definition) is 6. The number of rotatable bonds is 12. The molecule has 0 bridgehead atoms. The molecule has 0 unspecified atom stereocenters. The SMILES string of the molecule is COC(=O)N[C@H](C(=O)C[C@H]1CCC[C@@H]1CC[C@H]1CNCCN1S(=O)(=O)c1ccccc1)C(c1ccc(F)cc1)c1ccc(F)cc1. The molecule has 1 saturated carbocycles. The van der Waals surface area contributed by atoms with Crippen molar-refractivity contribution >= 4 is 21.9 Å². The Morgan fingerprint density at radius 2 is 1.52 bits per heavy atom. The second kappa shape index (κ2) is 15.3. The molecule has 4 atom stereocenters. The van der Waals surface area contributed by atoms with Gasteiger partial charge in [-0.25, -0.2) is 22.0 Å². The van der Waals surface area contributed by atoms with Crippen molar-refractivity contribution in [3.63, 3.8) is 0 Å². The first-order valence-electron chi connectivity index (χ1n) is 15.8. The Labute approximate surface area is 269 Å². The minimum absolute atomic E-state index is 0.0484. The lowest BCUT2D eigenvalue weighted by Crippen LogP contribution is -2.53. The molecule has 1 aliphatic heterocycles. The van der Waals surface area contributed by atoms with Gasteiger partial charge in [-0.05, 0) is 78.6 Å². The van der Waals surface area contributed by atoms with Crippen LogP contribution in [0.2, 0.25) is 0 Å². The van der Waals surface area contributed by atoms with Gasteiger partial charge in [0.2, 0.25) is 10.0 Å². The third-order valence-corrected chi connectivity index (χ3v) is 11.4. The summed E-state index contributed by atoms with van der Waals surface area (Å²) in [7, 11) is -2.42. The van der Waals surface area contributed by atoms with Gasteiger partial charge in [-0.3, -0.25) is 4.79 Å². The van der Waals surface area contributed by atoms with E-state index < -0.39 is 39.7 Å². The van der Waals surface area contributed by atoms with Crippen LogP contribution in [-0.4, -0.2) is 63.4 Å². The highest BCUT2D eigenvalue weighted by Crippen LogP contribution is 2.40. The van der Waals surface area contributed by atoms with E-state index in [0.29, 0.717) is 37.2 Å². The van der Waals surface area contributed by atoms with Crippen LogP contribution in [-0.2, 0) is 19.6 Å². The second-order valence-corrected chi connectivity index (χ2v) is 14.1. The largest absolute Gasteiger partial charge is 0.453 e. The lowest BCUT2D eigenvalue weighted by Gasteiger charge is -2.36. The van der Waals surface area contributed by atoms with E-state index in [4.69, 9.17) is 4.74 Å². The number of hydrogen-bond donors (Lipinski definition) is 2. The Morgan fingerprint density at radius 1 is 0.913 bits per heavy atom. The number of methoxy groups -OCH3 is 1. The van der Waals surface area contributed by atoms with Gasteiger partial charge in [0.1, 0.15) is 17.7 Å². The number of nitrogens with one attached hydrogen (secondary N) is 2. The summed E-state index contributed by atoms with van der Waals surface area (Å²) in [4.78, 5) is 27.0. The van der Waals surface area contributed by atoms with Gasteiger partial charge in [-0.15, -0.1) is 0 Å². The molecule has 2 fully saturated rings. The van der Waals surface area contributed by atoms with E-state index in [0.717, 1.165) is 25.7 Å². The molecule has 0 spiro atoms. The summed E-state index contributed by atoms with van der Waals surface area (Å²) in [5, 5.41) is 6.06. The van der Waals surface area contributed by atoms with Crippen molar-refractivity contribution in [1.29, 1.82) is 0 Å². The first-order chi connectivity index (χ1) is 22.2. The van der Waals surface area contributed by atoms with Crippen molar-refractivity contribution in [3.05, 3.63) is 102 Å². The summed E-state index contributed by atoms with van der Waals surface area (Å²) < 4.78 is 61.2. The number of nitrogens with zero attached hydrogens (tertiary/aromatic N) is 1. The van der Waals surface area contributed by atoms with Crippen LogP contribution in [0, 0.1) is 23.5 Å². The van der Waals surface area contributed by atoms with Gasteiger partial charge in [0.05, 0.1) is 12.0 Å². The summed E-state index contributed by atoms with van der Waals surface area (Å²) in [6.45, 7) is 1.54. The number of ether oxygens (including phenoxy) is 1. The van der Waals surface area contributed by atoms with E-state index >= 15 is 0 Å². The fourth-order valence-corrected chi connectivity index (χ4v) is 8.72. The Hall–Kier alpha value is -3.67. The molecule has 0 radical (unpaired) electrons. The Kier molecular flexibility index (Phi) is 11.2. The van der Waals surface area contributed by atoms with Crippen molar-refractivity contribution in [2.45, 2.75) is 61.4 Å². The van der Waals surface area contributed by atoms with Crippen LogP contribution in [0.25, 0.3) is 0 Å². The summed E-state index contributed by atoms with van der Waals surface area (Å²) in [6, 6.07) is 18.7. The third kappa shape index (κ3) is 8.00. The molecule has 8 nitrogen and oxygen atoms in total. The number of amides is 1. The highest BCUT2D eigenvalue weighted by atomic mass is 32.2. The predicted octanol–water partition coefficient (Wildman–Crippen LogP) is 5.64. The summed E-state index contributed by atoms with van der Waals surface area (Å²) >= 11 is 0. The molecular weight excluding hydrogens is 612 g/mol. The number of carbonyl (C=O) groups excluding carboxylic acids is 2. The average molecular weight is 654 g/mol. The second-order valence-electron chi connectivity index (χ2n) is 12.2. The maximum Gasteiger partial charge on any atom is 0.407 e. The Bertz CT molecular complexity index is 1530. The molecule has 0 aromatic heterocycles. The van der Waals surface area contributed by atoms with Crippen LogP contribution < -0.4 is 10.6 Å². The van der Waals surface area contributed by atoms with Crippen molar-refractivity contribution in [2.24, 2.45) is 11.8 Å². The van der Waals surface area contributed by atoms with E-state index in [1.807, 2.05) is 0 Å². The summed E-state index contributed by atoms with van der Waals surface area (Å²) in [5.74, 6) is -1.54.